The number of nitrogens with two attached hydrogens (primary N) is 1. The Labute approximate surface area is 143 Å². The van der Waals surface area contributed by atoms with Crippen LogP contribution in [0.1, 0.15) is 18.4 Å². The maximum absolute atomic E-state index is 11.3. The molecule has 1 saturated heterocycles. The molecule has 0 unspecified atom stereocenters. The smallest absolute Gasteiger partial charge is 0.238 e. The minimum atomic E-state index is -3.63. The molecule has 5 nitrogen and oxygen atoms in total. The van der Waals surface area contributed by atoms with Crippen LogP contribution in [0.15, 0.2) is 53.4 Å². The van der Waals surface area contributed by atoms with Crippen molar-refractivity contribution >= 4 is 21.4 Å². The Balaban J connectivity index is 1.57. The van der Waals surface area contributed by atoms with E-state index in [1.807, 2.05) is 12.1 Å². The van der Waals surface area contributed by atoms with E-state index >= 15 is 0 Å². The number of nitrogens with zero attached hydrogens (tertiary/aromatic N) is 1. The normalized spacial score (nSPS) is 16.2. The average Bonchev–Trinajstić information content (AvgIpc) is 2.57. The molecule has 1 aliphatic heterocycles. The van der Waals surface area contributed by atoms with Crippen molar-refractivity contribution in [3.05, 3.63) is 54.1 Å². The summed E-state index contributed by atoms with van der Waals surface area (Å²) in [6.07, 6.45) is 2.09. The second kappa shape index (κ2) is 6.83. The molecule has 1 fully saturated rings. The number of piperidine rings is 1. The SMILES string of the molecule is Cc1ccc(NC2CCN(c3ccc(S(N)(=O)=O)cc3)CC2)cc1. The van der Waals surface area contributed by atoms with E-state index in [0.29, 0.717) is 6.04 Å². The van der Waals surface area contributed by atoms with Crippen molar-refractivity contribution in [3.63, 3.8) is 0 Å². The fourth-order valence-electron chi connectivity index (χ4n) is 3.01. The predicted molar refractivity (Wildman–Crippen MR) is 97.9 cm³/mol. The van der Waals surface area contributed by atoms with Gasteiger partial charge in [0.05, 0.1) is 4.90 Å². The lowest BCUT2D eigenvalue weighted by Crippen LogP contribution is -2.39. The number of primary sulfonamides is 1. The number of sulfonamides is 1. The second-order valence-corrected chi connectivity index (χ2v) is 7.87. The summed E-state index contributed by atoms with van der Waals surface area (Å²) in [6, 6.07) is 15.7. The number of aryl methyl sites for hydroxylation is 1. The maximum Gasteiger partial charge on any atom is 0.238 e. The van der Waals surface area contributed by atoms with Gasteiger partial charge in [-0.2, -0.15) is 0 Å². The standard InChI is InChI=1S/C18H23N3O2S/c1-14-2-4-15(5-3-14)20-16-10-12-21(13-11-16)17-6-8-18(9-7-17)24(19,22)23/h2-9,16,20H,10-13H2,1H3,(H2,19,22,23). The van der Waals surface area contributed by atoms with Crippen molar-refractivity contribution in [2.45, 2.75) is 30.7 Å². The van der Waals surface area contributed by atoms with Crippen LogP contribution in [-0.2, 0) is 10.0 Å². The van der Waals surface area contributed by atoms with Crippen molar-refractivity contribution in [1.29, 1.82) is 0 Å². The van der Waals surface area contributed by atoms with Crippen molar-refractivity contribution in [2.24, 2.45) is 5.14 Å². The molecule has 128 valence electrons. The molecular weight excluding hydrogens is 322 g/mol. The number of anilines is 2. The van der Waals surface area contributed by atoms with E-state index in [9.17, 15) is 8.42 Å². The molecule has 0 saturated carbocycles. The number of hydrogen-bond donors (Lipinski definition) is 2. The van der Waals surface area contributed by atoms with Gasteiger partial charge in [-0.3, -0.25) is 0 Å². The van der Waals surface area contributed by atoms with Gasteiger partial charge < -0.3 is 10.2 Å². The minimum absolute atomic E-state index is 0.155. The van der Waals surface area contributed by atoms with Crippen LogP contribution >= 0.6 is 0 Å². The number of hydrogen-bond acceptors (Lipinski definition) is 4. The van der Waals surface area contributed by atoms with Gasteiger partial charge in [0.25, 0.3) is 0 Å². The monoisotopic (exact) mass is 345 g/mol. The van der Waals surface area contributed by atoms with E-state index in [2.05, 4.69) is 41.4 Å². The Hall–Kier alpha value is -2.05. The van der Waals surface area contributed by atoms with Crippen LogP contribution in [0.3, 0.4) is 0 Å². The topological polar surface area (TPSA) is 75.4 Å². The Morgan fingerprint density at radius 2 is 1.58 bits per heavy atom. The van der Waals surface area contributed by atoms with Gasteiger partial charge >= 0.3 is 0 Å². The Bertz CT molecular complexity index is 778. The van der Waals surface area contributed by atoms with Gasteiger partial charge in [0.1, 0.15) is 0 Å². The highest BCUT2D eigenvalue weighted by atomic mass is 32.2. The van der Waals surface area contributed by atoms with Gasteiger partial charge in [-0.15, -0.1) is 0 Å². The zero-order valence-corrected chi connectivity index (χ0v) is 14.6. The lowest BCUT2D eigenvalue weighted by Gasteiger charge is -2.34. The molecule has 2 aromatic rings. The largest absolute Gasteiger partial charge is 0.382 e. The van der Waals surface area contributed by atoms with Crippen molar-refractivity contribution in [1.82, 2.24) is 0 Å². The first-order valence-corrected chi connectivity index (χ1v) is 9.67. The molecular formula is C18H23N3O2S. The van der Waals surface area contributed by atoms with Crippen LogP contribution in [-0.4, -0.2) is 27.5 Å². The summed E-state index contributed by atoms with van der Waals surface area (Å²) in [5.41, 5.74) is 3.46. The zero-order chi connectivity index (χ0) is 17.2. The summed E-state index contributed by atoms with van der Waals surface area (Å²) < 4.78 is 22.6. The zero-order valence-electron chi connectivity index (χ0n) is 13.8. The number of benzene rings is 2. The first-order chi connectivity index (χ1) is 11.4. The van der Waals surface area contributed by atoms with Crippen LogP contribution in [0.5, 0.6) is 0 Å². The lowest BCUT2D eigenvalue weighted by molar-refractivity contribution is 0.526. The quantitative estimate of drug-likeness (QED) is 0.893. The van der Waals surface area contributed by atoms with Gasteiger partial charge in [-0.05, 0) is 56.2 Å². The first kappa shape index (κ1) is 16.8. The van der Waals surface area contributed by atoms with Gasteiger partial charge in [-0.25, -0.2) is 13.6 Å². The van der Waals surface area contributed by atoms with Crippen LogP contribution in [0, 0.1) is 6.92 Å². The fourth-order valence-corrected chi connectivity index (χ4v) is 3.53. The molecule has 2 aromatic carbocycles. The fraction of sp³-hybridized carbons (Fsp3) is 0.333. The van der Waals surface area contributed by atoms with Gasteiger partial charge in [-0.1, -0.05) is 17.7 Å². The molecule has 1 aliphatic rings. The molecule has 0 atom stereocenters. The van der Waals surface area contributed by atoms with Crippen LogP contribution in [0.25, 0.3) is 0 Å². The van der Waals surface area contributed by atoms with E-state index in [-0.39, 0.29) is 4.90 Å². The first-order valence-electron chi connectivity index (χ1n) is 8.13. The van der Waals surface area contributed by atoms with Gasteiger partial charge in [0, 0.05) is 30.5 Å². The molecule has 0 spiro atoms. The van der Waals surface area contributed by atoms with Gasteiger partial charge in [0.2, 0.25) is 10.0 Å². The third kappa shape index (κ3) is 4.07. The minimum Gasteiger partial charge on any atom is -0.382 e. The molecule has 0 amide bonds. The highest BCUT2D eigenvalue weighted by molar-refractivity contribution is 7.89. The van der Waals surface area contributed by atoms with Crippen molar-refractivity contribution in [3.8, 4) is 0 Å². The summed E-state index contributed by atoms with van der Waals surface area (Å²) in [5.74, 6) is 0. The molecule has 0 bridgehead atoms. The maximum atomic E-state index is 11.3. The predicted octanol–water partition coefficient (Wildman–Crippen LogP) is 2.72. The number of rotatable bonds is 4. The van der Waals surface area contributed by atoms with Crippen molar-refractivity contribution < 1.29 is 8.42 Å². The summed E-state index contributed by atoms with van der Waals surface area (Å²) >= 11 is 0. The molecule has 0 radical (unpaired) electrons. The molecule has 1 heterocycles. The van der Waals surface area contributed by atoms with Crippen LogP contribution in [0.2, 0.25) is 0 Å². The van der Waals surface area contributed by atoms with Crippen molar-refractivity contribution in [2.75, 3.05) is 23.3 Å². The van der Waals surface area contributed by atoms with E-state index < -0.39 is 10.0 Å². The molecule has 24 heavy (non-hydrogen) atoms. The highest BCUT2D eigenvalue weighted by Gasteiger charge is 2.19. The third-order valence-corrected chi connectivity index (χ3v) is 5.38. The summed E-state index contributed by atoms with van der Waals surface area (Å²) in [5, 5.41) is 8.72. The van der Waals surface area contributed by atoms with Crippen LogP contribution < -0.4 is 15.4 Å². The van der Waals surface area contributed by atoms with E-state index in [4.69, 9.17) is 5.14 Å². The second-order valence-electron chi connectivity index (χ2n) is 6.31. The average molecular weight is 345 g/mol. The highest BCUT2D eigenvalue weighted by Crippen LogP contribution is 2.23. The van der Waals surface area contributed by atoms with Gasteiger partial charge in [0.15, 0.2) is 0 Å². The van der Waals surface area contributed by atoms with E-state index in [0.717, 1.165) is 37.3 Å². The Morgan fingerprint density at radius 1 is 1.00 bits per heavy atom. The molecule has 3 N–H and O–H groups in total. The lowest BCUT2D eigenvalue weighted by atomic mass is 10.0. The molecule has 0 aromatic heterocycles. The Kier molecular flexibility index (Phi) is 4.78. The number of nitrogens with one attached hydrogen (secondary N) is 1. The van der Waals surface area contributed by atoms with E-state index in [1.165, 1.54) is 5.56 Å². The van der Waals surface area contributed by atoms with E-state index in [1.54, 1.807) is 12.1 Å². The summed E-state index contributed by atoms with van der Waals surface area (Å²) in [4.78, 5) is 2.43. The van der Waals surface area contributed by atoms with Crippen LogP contribution in [0.4, 0.5) is 11.4 Å². The summed E-state index contributed by atoms with van der Waals surface area (Å²) in [7, 11) is -3.63. The Morgan fingerprint density at radius 3 is 2.12 bits per heavy atom. The summed E-state index contributed by atoms with van der Waals surface area (Å²) in [6.45, 7) is 3.97. The molecule has 0 aliphatic carbocycles. The molecule has 3 rings (SSSR count). The third-order valence-electron chi connectivity index (χ3n) is 4.45. The molecule has 6 heteroatoms.